The van der Waals surface area contributed by atoms with Crippen molar-refractivity contribution in [1.29, 1.82) is 0 Å². The van der Waals surface area contributed by atoms with Gasteiger partial charge in [0.15, 0.2) is 0 Å². The summed E-state index contributed by atoms with van der Waals surface area (Å²) in [5.41, 5.74) is 2.39. The largest absolute Gasteiger partial charge is 0.396 e. The molecule has 0 amide bonds. The molecule has 0 radical (unpaired) electrons. The van der Waals surface area contributed by atoms with E-state index in [1.54, 1.807) is 0 Å². The van der Waals surface area contributed by atoms with E-state index in [1.165, 1.54) is 5.56 Å². The molecule has 3 nitrogen and oxygen atoms in total. The molecule has 0 bridgehead atoms. The molecule has 0 saturated carbocycles. The van der Waals surface area contributed by atoms with Crippen LogP contribution in [-0.4, -0.2) is 37.3 Å². The average molecular weight is 250 g/mol. The second-order valence-corrected chi connectivity index (χ2v) is 5.61. The number of anilines is 1. The summed E-state index contributed by atoms with van der Waals surface area (Å²) >= 11 is 0. The van der Waals surface area contributed by atoms with Crippen LogP contribution in [0.3, 0.4) is 0 Å². The summed E-state index contributed by atoms with van der Waals surface area (Å²) in [6.07, 6.45) is 0.967. The minimum Gasteiger partial charge on any atom is -0.396 e. The molecule has 1 aromatic rings. The van der Waals surface area contributed by atoms with E-state index in [0.29, 0.717) is 0 Å². The fourth-order valence-electron chi connectivity index (χ4n) is 1.70. The summed E-state index contributed by atoms with van der Waals surface area (Å²) in [6.45, 7) is 6.18. The van der Waals surface area contributed by atoms with Gasteiger partial charge in [-0.05, 0) is 38.2 Å². The molecule has 0 spiro atoms. The van der Waals surface area contributed by atoms with Crippen molar-refractivity contribution >= 4 is 5.69 Å². The Morgan fingerprint density at radius 1 is 1.22 bits per heavy atom. The lowest BCUT2D eigenvalue weighted by Crippen LogP contribution is -2.29. The summed E-state index contributed by atoms with van der Waals surface area (Å²) in [7, 11) is 4.14. The maximum Gasteiger partial charge on any atom is 0.0501 e. The zero-order chi connectivity index (χ0) is 13.6. The first kappa shape index (κ1) is 15.0. The molecule has 1 unspecified atom stereocenters. The topological polar surface area (TPSA) is 35.5 Å². The van der Waals surface area contributed by atoms with E-state index in [9.17, 15) is 5.11 Å². The van der Waals surface area contributed by atoms with Gasteiger partial charge < -0.3 is 15.3 Å². The van der Waals surface area contributed by atoms with Crippen molar-refractivity contribution in [3.05, 3.63) is 29.8 Å². The van der Waals surface area contributed by atoms with Gasteiger partial charge in [0.05, 0.1) is 6.61 Å². The minimum absolute atomic E-state index is 0.0394. The van der Waals surface area contributed by atoms with Gasteiger partial charge in [0, 0.05) is 24.2 Å². The fraction of sp³-hybridized carbons (Fsp3) is 0.600. The van der Waals surface area contributed by atoms with Crippen LogP contribution in [0.2, 0.25) is 0 Å². The molecule has 102 valence electrons. The van der Waals surface area contributed by atoms with Crippen LogP contribution in [-0.2, 0) is 6.54 Å². The van der Waals surface area contributed by atoms with E-state index in [1.807, 2.05) is 0 Å². The first-order valence-corrected chi connectivity index (χ1v) is 6.57. The summed E-state index contributed by atoms with van der Waals surface area (Å²) < 4.78 is 0. The van der Waals surface area contributed by atoms with E-state index in [2.05, 4.69) is 62.4 Å². The molecular weight excluding hydrogens is 224 g/mol. The molecule has 0 saturated heterocycles. The molecule has 2 N–H and O–H groups in total. The smallest absolute Gasteiger partial charge is 0.0501 e. The minimum atomic E-state index is -0.0394. The molecule has 0 aliphatic rings. The van der Waals surface area contributed by atoms with Crippen molar-refractivity contribution in [3.8, 4) is 0 Å². The van der Waals surface area contributed by atoms with E-state index in [-0.39, 0.29) is 12.0 Å². The first-order valence-electron chi connectivity index (χ1n) is 6.57. The molecule has 1 atom stereocenters. The quantitative estimate of drug-likeness (QED) is 0.780. The molecule has 0 heterocycles. The number of benzene rings is 1. The van der Waals surface area contributed by atoms with Crippen LogP contribution >= 0.6 is 0 Å². The first-order chi connectivity index (χ1) is 8.49. The van der Waals surface area contributed by atoms with E-state index in [4.69, 9.17) is 0 Å². The lowest BCUT2D eigenvalue weighted by molar-refractivity contribution is 0.149. The van der Waals surface area contributed by atoms with Gasteiger partial charge in [0.2, 0.25) is 0 Å². The van der Waals surface area contributed by atoms with Gasteiger partial charge in [0.25, 0.3) is 0 Å². The summed E-state index contributed by atoms with van der Waals surface area (Å²) in [4.78, 5) is 2.16. The molecule has 0 aromatic heterocycles. The van der Waals surface area contributed by atoms with Crippen LogP contribution in [0.1, 0.15) is 25.8 Å². The van der Waals surface area contributed by atoms with Gasteiger partial charge >= 0.3 is 0 Å². The summed E-state index contributed by atoms with van der Waals surface area (Å²) in [5, 5.41) is 12.8. The lowest BCUT2D eigenvalue weighted by atomic mass is 9.88. The number of hydrogen-bond donors (Lipinski definition) is 2. The van der Waals surface area contributed by atoms with Crippen LogP contribution in [0.15, 0.2) is 24.3 Å². The standard InChI is InChI=1S/C15H26N2O/c1-5-15(2,12-18)11-16-14-8-6-13(7-9-14)10-17(3)4/h6-9,16,18H,5,10-12H2,1-4H3. The molecule has 0 aliphatic heterocycles. The van der Waals surface area contributed by atoms with Crippen molar-refractivity contribution in [1.82, 2.24) is 4.90 Å². The highest BCUT2D eigenvalue weighted by Gasteiger charge is 2.20. The third-order valence-corrected chi connectivity index (χ3v) is 3.41. The fourth-order valence-corrected chi connectivity index (χ4v) is 1.70. The van der Waals surface area contributed by atoms with Crippen LogP contribution in [0, 0.1) is 5.41 Å². The van der Waals surface area contributed by atoms with Crippen LogP contribution in [0.4, 0.5) is 5.69 Å². The highest BCUT2D eigenvalue weighted by Crippen LogP contribution is 2.21. The van der Waals surface area contributed by atoms with E-state index >= 15 is 0 Å². The van der Waals surface area contributed by atoms with Gasteiger partial charge in [-0.2, -0.15) is 0 Å². The molecule has 1 aromatic carbocycles. The van der Waals surface area contributed by atoms with Gasteiger partial charge in [-0.15, -0.1) is 0 Å². The monoisotopic (exact) mass is 250 g/mol. The Morgan fingerprint density at radius 3 is 2.28 bits per heavy atom. The molecule has 0 aliphatic carbocycles. The molecule has 0 fully saturated rings. The number of aliphatic hydroxyl groups excluding tert-OH is 1. The number of aliphatic hydroxyl groups is 1. The summed E-state index contributed by atoms with van der Waals surface area (Å²) in [5.74, 6) is 0. The van der Waals surface area contributed by atoms with E-state index in [0.717, 1.165) is 25.2 Å². The summed E-state index contributed by atoms with van der Waals surface area (Å²) in [6, 6.07) is 8.49. The number of rotatable bonds is 7. The maximum absolute atomic E-state index is 9.36. The Balaban J connectivity index is 2.53. The van der Waals surface area contributed by atoms with Crippen LogP contribution in [0.25, 0.3) is 0 Å². The van der Waals surface area contributed by atoms with Crippen molar-refractivity contribution in [3.63, 3.8) is 0 Å². The zero-order valence-corrected chi connectivity index (χ0v) is 12.0. The van der Waals surface area contributed by atoms with Crippen molar-refractivity contribution in [2.24, 2.45) is 5.41 Å². The van der Waals surface area contributed by atoms with Crippen molar-refractivity contribution in [2.75, 3.05) is 32.6 Å². The second kappa shape index (κ2) is 6.76. The molecular formula is C15H26N2O. The molecule has 1 rings (SSSR count). The predicted molar refractivity (Wildman–Crippen MR) is 77.8 cm³/mol. The predicted octanol–water partition coefficient (Wildman–Crippen LogP) is 2.57. The number of hydrogen-bond acceptors (Lipinski definition) is 3. The Labute approximate surface area is 111 Å². The number of nitrogens with zero attached hydrogens (tertiary/aromatic N) is 1. The third kappa shape index (κ3) is 4.67. The Morgan fingerprint density at radius 2 is 1.83 bits per heavy atom. The SMILES string of the molecule is CCC(C)(CO)CNc1ccc(CN(C)C)cc1. The van der Waals surface area contributed by atoms with Crippen molar-refractivity contribution < 1.29 is 5.11 Å². The molecule has 3 heteroatoms. The number of nitrogens with one attached hydrogen (secondary N) is 1. The second-order valence-electron chi connectivity index (χ2n) is 5.61. The Bertz CT molecular complexity index is 342. The van der Waals surface area contributed by atoms with E-state index < -0.39 is 0 Å². The van der Waals surface area contributed by atoms with Gasteiger partial charge in [-0.3, -0.25) is 0 Å². The van der Waals surface area contributed by atoms with Crippen molar-refractivity contribution in [2.45, 2.75) is 26.8 Å². The lowest BCUT2D eigenvalue weighted by Gasteiger charge is -2.26. The highest BCUT2D eigenvalue weighted by atomic mass is 16.3. The van der Waals surface area contributed by atoms with Gasteiger partial charge in [-0.1, -0.05) is 26.0 Å². The Hall–Kier alpha value is -1.06. The molecule has 18 heavy (non-hydrogen) atoms. The normalized spacial score (nSPS) is 14.6. The maximum atomic E-state index is 9.36. The highest BCUT2D eigenvalue weighted by molar-refractivity contribution is 5.44. The van der Waals surface area contributed by atoms with Gasteiger partial charge in [-0.25, -0.2) is 0 Å². The van der Waals surface area contributed by atoms with Gasteiger partial charge in [0.1, 0.15) is 0 Å². The average Bonchev–Trinajstić information content (AvgIpc) is 2.37. The van der Waals surface area contributed by atoms with Crippen LogP contribution < -0.4 is 5.32 Å². The van der Waals surface area contributed by atoms with Crippen LogP contribution in [0.5, 0.6) is 0 Å². The third-order valence-electron chi connectivity index (χ3n) is 3.41. The Kier molecular flexibility index (Phi) is 5.63. The zero-order valence-electron chi connectivity index (χ0n) is 12.0.